The Balaban J connectivity index is 2.87. The van der Waals surface area contributed by atoms with Gasteiger partial charge in [0.15, 0.2) is 0 Å². The van der Waals surface area contributed by atoms with Crippen LogP contribution in [0.4, 0.5) is 0 Å². The number of hydrogen-bond donors (Lipinski definition) is 1. The van der Waals surface area contributed by atoms with Crippen molar-refractivity contribution >= 4 is 0 Å². The van der Waals surface area contributed by atoms with Gasteiger partial charge in [0.05, 0.1) is 7.11 Å². The number of nitrogens with zero attached hydrogens (tertiary/aromatic N) is 1. The number of phenols is 1. The third kappa shape index (κ3) is 3.37. The summed E-state index contributed by atoms with van der Waals surface area (Å²) < 4.78 is 5.17. The normalized spacial score (nSPS) is 11.9. The highest BCUT2D eigenvalue weighted by atomic mass is 16.5. The lowest BCUT2D eigenvalue weighted by Crippen LogP contribution is -2.39. The lowest BCUT2D eigenvalue weighted by Gasteiger charge is -2.35. The van der Waals surface area contributed by atoms with Crippen LogP contribution in [0.2, 0.25) is 0 Å². The minimum absolute atomic E-state index is 0.121. The summed E-state index contributed by atoms with van der Waals surface area (Å²) in [4.78, 5) is 2.24. The van der Waals surface area contributed by atoms with Crippen LogP contribution in [0, 0.1) is 0 Å². The molecule has 1 aromatic rings. The average Bonchev–Trinajstić information content (AvgIpc) is 2.31. The van der Waals surface area contributed by atoms with E-state index >= 15 is 0 Å². The van der Waals surface area contributed by atoms with Gasteiger partial charge < -0.3 is 9.84 Å². The van der Waals surface area contributed by atoms with E-state index in [9.17, 15) is 5.11 Å². The molecule has 0 spiro atoms. The van der Waals surface area contributed by atoms with Gasteiger partial charge in [0.2, 0.25) is 0 Å². The Kier molecular flexibility index (Phi) is 4.40. The first-order chi connectivity index (χ1) is 7.90. The monoisotopic (exact) mass is 237 g/mol. The summed E-state index contributed by atoms with van der Waals surface area (Å²) in [5, 5.41) is 9.84. The van der Waals surface area contributed by atoms with Crippen molar-refractivity contribution < 1.29 is 9.84 Å². The van der Waals surface area contributed by atoms with E-state index in [0.29, 0.717) is 12.3 Å². The van der Waals surface area contributed by atoms with Crippen LogP contribution in [0.1, 0.15) is 32.8 Å². The molecule has 3 nitrogen and oxygen atoms in total. The van der Waals surface area contributed by atoms with Crippen molar-refractivity contribution in [1.29, 1.82) is 0 Å². The number of phenolic OH excluding ortho intramolecular Hbond substituents is 1. The number of benzene rings is 1. The molecule has 1 N–H and O–H groups in total. The molecule has 0 fully saturated rings. The molecule has 96 valence electrons. The maximum atomic E-state index is 9.84. The largest absolute Gasteiger partial charge is 0.508 e. The maximum absolute atomic E-state index is 9.84. The van der Waals surface area contributed by atoms with Gasteiger partial charge in [-0.2, -0.15) is 0 Å². The molecule has 0 heterocycles. The van der Waals surface area contributed by atoms with E-state index in [1.165, 1.54) is 0 Å². The summed E-state index contributed by atoms with van der Waals surface area (Å²) in [6.45, 7) is 7.28. The lowest BCUT2D eigenvalue weighted by atomic mass is 9.99. The summed E-state index contributed by atoms with van der Waals surface area (Å²) in [6, 6.07) is 5.34. The molecule has 0 atom stereocenters. The summed E-state index contributed by atoms with van der Waals surface area (Å²) in [6.07, 6.45) is 1.06. The van der Waals surface area contributed by atoms with Crippen LogP contribution in [0.5, 0.6) is 11.5 Å². The van der Waals surface area contributed by atoms with Crippen molar-refractivity contribution in [3.8, 4) is 11.5 Å². The third-order valence-electron chi connectivity index (χ3n) is 3.59. The molecule has 17 heavy (non-hydrogen) atoms. The molecule has 0 aliphatic carbocycles. The SMILES string of the molecule is CCC(C)(C)N(C)Cc1cc(OC)ccc1O. The first kappa shape index (κ1) is 13.8. The quantitative estimate of drug-likeness (QED) is 0.854. The van der Waals surface area contributed by atoms with E-state index < -0.39 is 0 Å². The number of hydrogen-bond acceptors (Lipinski definition) is 3. The molecule has 0 bridgehead atoms. The van der Waals surface area contributed by atoms with Crippen LogP contribution in [-0.2, 0) is 6.54 Å². The van der Waals surface area contributed by atoms with Crippen LogP contribution in [-0.4, -0.2) is 29.7 Å². The summed E-state index contributed by atoms with van der Waals surface area (Å²) in [5.74, 6) is 1.10. The summed E-state index contributed by atoms with van der Waals surface area (Å²) >= 11 is 0. The van der Waals surface area contributed by atoms with Gasteiger partial charge in [-0.15, -0.1) is 0 Å². The smallest absolute Gasteiger partial charge is 0.120 e. The molecular weight excluding hydrogens is 214 g/mol. The molecule has 0 saturated heterocycles. The van der Waals surface area contributed by atoms with Crippen molar-refractivity contribution in [2.75, 3.05) is 14.2 Å². The van der Waals surface area contributed by atoms with Gasteiger partial charge in [0, 0.05) is 17.6 Å². The fraction of sp³-hybridized carbons (Fsp3) is 0.571. The standard InChI is InChI=1S/C14H23NO2/c1-6-14(2,3)15(4)10-11-9-12(17-5)7-8-13(11)16/h7-9,16H,6,10H2,1-5H3. The van der Waals surface area contributed by atoms with E-state index in [2.05, 4.69) is 32.7 Å². The zero-order valence-electron chi connectivity index (χ0n) is 11.4. The molecule has 3 heteroatoms. The Morgan fingerprint density at radius 2 is 2.00 bits per heavy atom. The van der Waals surface area contributed by atoms with E-state index in [1.54, 1.807) is 19.2 Å². The van der Waals surface area contributed by atoms with Crippen LogP contribution >= 0.6 is 0 Å². The first-order valence-electron chi connectivity index (χ1n) is 5.98. The van der Waals surface area contributed by atoms with Crippen molar-refractivity contribution in [2.45, 2.75) is 39.3 Å². The summed E-state index contributed by atoms with van der Waals surface area (Å²) in [7, 11) is 3.71. The van der Waals surface area contributed by atoms with Gasteiger partial charge >= 0.3 is 0 Å². The fourth-order valence-electron chi connectivity index (χ4n) is 1.55. The highest BCUT2D eigenvalue weighted by molar-refractivity contribution is 5.39. The van der Waals surface area contributed by atoms with Gasteiger partial charge in [0.1, 0.15) is 11.5 Å². The lowest BCUT2D eigenvalue weighted by molar-refractivity contribution is 0.141. The second-order valence-corrected chi connectivity index (χ2v) is 5.02. The zero-order valence-corrected chi connectivity index (χ0v) is 11.4. The van der Waals surface area contributed by atoms with E-state index in [-0.39, 0.29) is 5.54 Å². The Hall–Kier alpha value is -1.22. The van der Waals surface area contributed by atoms with Crippen LogP contribution < -0.4 is 4.74 Å². The molecule has 0 radical (unpaired) electrons. The minimum Gasteiger partial charge on any atom is -0.508 e. The minimum atomic E-state index is 0.121. The van der Waals surface area contributed by atoms with E-state index in [1.807, 2.05) is 6.07 Å². The van der Waals surface area contributed by atoms with Crippen molar-refractivity contribution in [3.63, 3.8) is 0 Å². The van der Waals surface area contributed by atoms with Gasteiger partial charge in [-0.1, -0.05) is 6.92 Å². The Labute approximate surface area is 104 Å². The highest BCUT2D eigenvalue weighted by Gasteiger charge is 2.21. The molecule has 0 saturated carbocycles. The third-order valence-corrected chi connectivity index (χ3v) is 3.59. The molecule has 0 aliphatic rings. The van der Waals surface area contributed by atoms with Gasteiger partial charge in [0.25, 0.3) is 0 Å². The van der Waals surface area contributed by atoms with Gasteiger partial charge in [-0.05, 0) is 45.5 Å². The van der Waals surface area contributed by atoms with Crippen molar-refractivity contribution in [2.24, 2.45) is 0 Å². The molecule has 0 aromatic heterocycles. The van der Waals surface area contributed by atoms with Gasteiger partial charge in [-0.3, -0.25) is 4.90 Å². The Morgan fingerprint density at radius 1 is 1.35 bits per heavy atom. The molecular formula is C14H23NO2. The second kappa shape index (κ2) is 5.41. The van der Waals surface area contributed by atoms with E-state index in [4.69, 9.17) is 4.74 Å². The molecule has 0 aliphatic heterocycles. The molecule has 1 aromatic carbocycles. The van der Waals surface area contributed by atoms with Crippen LogP contribution in [0.25, 0.3) is 0 Å². The van der Waals surface area contributed by atoms with Crippen molar-refractivity contribution in [1.82, 2.24) is 4.90 Å². The first-order valence-corrected chi connectivity index (χ1v) is 5.98. The van der Waals surface area contributed by atoms with Crippen molar-refractivity contribution in [3.05, 3.63) is 23.8 Å². The topological polar surface area (TPSA) is 32.7 Å². The zero-order chi connectivity index (χ0) is 13.1. The summed E-state index contributed by atoms with van der Waals surface area (Å²) in [5.41, 5.74) is 1.02. The molecule has 0 amide bonds. The van der Waals surface area contributed by atoms with Crippen LogP contribution in [0.3, 0.4) is 0 Å². The van der Waals surface area contributed by atoms with Crippen LogP contribution in [0.15, 0.2) is 18.2 Å². The van der Waals surface area contributed by atoms with Gasteiger partial charge in [-0.25, -0.2) is 0 Å². The fourth-order valence-corrected chi connectivity index (χ4v) is 1.55. The average molecular weight is 237 g/mol. The highest BCUT2D eigenvalue weighted by Crippen LogP contribution is 2.27. The maximum Gasteiger partial charge on any atom is 0.120 e. The number of ether oxygens (including phenoxy) is 1. The van der Waals surface area contributed by atoms with E-state index in [0.717, 1.165) is 17.7 Å². The number of methoxy groups -OCH3 is 1. The number of aromatic hydroxyl groups is 1. The predicted molar refractivity (Wildman–Crippen MR) is 70.5 cm³/mol. The second-order valence-electron chi connectivity index (χ2n) is 5.02. The molecule has 1 rings (SSSR count). The number of rotatable bonds is 5. The molecule has 0 unspecified atom stereocenters. The Morgan fingerprint density at radius 3 is 2.53 bits per heavy atom. The predicted octanol–water partition coefficient (Wildman–Crippen LogP) is 3.02. The Bertz CT molecular complexity index is 374.